The van der Waals surface area contributed by atoms with Crippen molar-refractivity contribution < 1.29 is 4.79 Å². The molecule has 0 saturated heterocycles. The third kappa shape index (κ3) is 1.56. The minimum Gasteiger partial charge on any atom is -0.348 e. The van der Waals surface area contributed by atoms with Gasteiger partial charge in [0.15, 0.2) is 0 Å². The summed E-state index contributed by atoms with van der Waals surface area (Å²) in [5.41, 5.74) is 2.65. The molecule has 2 aromatic rings. The Balaban J connectivity index is 2.05. The van der Waals surface area contributed by atoms with E-state index in [-0.39, 0.29) is 5.91 Å². The maximum Gasteiger partial charge on any atom is 0.270 e. The van der Waals surface area contributed by atoms with Crippen LogP contribution in [0.25, 0.3) is 5.52 Å². The van der Waals surface area contributed by atoms with Gasteiger partial charge in [-0.2, -0.15) is 5.10 Å². The number of aryl methyl sites for hydroxylation is 1. The molecule has 2 aromatic heterocycles. The summed E-state index contributed by atoms with van der Waals surface area (Å²) in [6.07, 6.45) is 3.91. The summed E-state index contributed by atoms with van der Waals surface area (Å²) in [7, 11) is 0. The van der Waals surface area contributed by atoms with E-state index in [1.165, 1.54) is 0 Å². The van der Waals surface area contributed by atoms with Gasteiger partial charge in [-0.1, -0.05) is 0 Å². The number of fused-ring (bicyclic) bond motifs is 1. The summed E-state index contributed by atoms with van der Waals surface area (Å²) in [6, 6.07) is 6.16. The molecule has 0 radical (unpaired) electrons. The van der Waals surface area contributed by atoms with Crippen LogP contribution in [0.4, 0.5) is 0 Å². The molecule has 1 N–H and O–H groups in total. The van der Waals surface area contributed by atoms with Crippen LogP contribution in [0.5, 0.6) is 0 Å². The highest BCUT2D eigenvalue weighted by molar-refractivity contribution is 5.93. The minimum absolute atomic E-state index is 0.0279. The lowest BCUT2D eigenvalue weighted by molar-refractivity contribution is 0.0943. The number of hydrogen-bond donors (Lipinski definition) is 1. The Labute approximate surface area is 93.3 Å². The zero-order valence-corrected chi connectivity index (χ0v) is 9.10. The first-order valence-electron chi connectivity index (χ1n) is 5.49. The summed E-state index contributed by atoms with van der Waals surface area (Å²) in [5, 5.41) is 7.14. The van der Waals surface area contributed by atoms with Crippen molar-refractivity contribution in [3.05, 3.63) is 35.7 Å². The Kier molecular flexibility index (Phi) is 1.96. The van der Waals surface area contributed by atoms with Crippen LogP contribution in [0.3, 0.4) is 0 Å². The Morgan fingerprint density at radius 3 is 3.06 bits per heavy atom. The summed E-state index contributed by atoms with van der Waals surface area (Å²) >= 11 is 0. The van der Waals surface area contributed by atoms with Gasteiger partial charge in [0.1, 0.15) is 5.69 Å². The maximum atomic E-state index is 12.0. The minimum atomic E-state index is -0.0279. The Morgan fingerprint density at radius 2 is 2.31 bits per heavy atom. The van der Waals surface area contributed by atoms with Crippen molar-refractivity contribution in [1.82, 2.24) is 14.9 Å². The Morgan fingerprint density at radius 1 is 1.50 bits per heavy atom. The van der Waals surface area contributed by atoms with Crippen LogP contribution in [0.15, 0.2) is 24.4 Å². The van der Waals surface area contributed by atoms with Gasteiger partial charge in [-0.05, 0) is 43.5 Å². The smallest absolute Gasteiger partial charge is 0.270 e. The zero-order valence-electron chi connectivity index (χ0n) is 9.10. The van der Waals surface area contributed by atoms with E-state index < -0.39 is 0 Å². The molecule has 1 fully saturated rings. The van der Waals surface area contributed by atoms with Crippen molar-refractivity contribution >= 4 is 11.4 Å². The van der Waals surface area contributed by atoms with Gasteiger partial charge in [0.05, 0.1) is 11.7 Å². The van der Waals surface area contributed by atoms with Crippen molar-refractivity contribution in [1.29, 1.82) is 0 Å². The van der Waals surface area contributed by atoms with Crippen LogP contribution < -0.4 is 5.32 Å². The van der Waals surface area contributed by atoms with Gasteiger partial charge < -0.3 is 5.32 Å². The number of hydrogen-bond acceptors (Lipinski definition) is 2. The third-order valence-corrected chi connectivity index (χ3v) is 2.79. The Hall–Kier alpha value is -1.84. The fourth-order valence-electron chi connectivity index (χ4n) is 1.82. The second-order valence-corrected chi connectivity index (χ2v) is 4.33. The van der Waals surface area contributed by atoms with Crippen molar-refractivity contribution in [2.75, 3.05) is 0 Å². The highest BCUT2D eigenvalue weighted by Crippen LogP contribution is 2.19. The van der Waals surface area contributed by atoms with Crippen LogP contribution in [0.2, 0.25) is 0 Å². The van der Waals surface area contributed by atoms with Gasteiger partial charge in [0.2, 0.25) is 0 Å². The average Bonchev–Trinajstić information content (AvgIpc) is 2.93. The van der Waals surface area contributed by atoms with Gasteiger partial charge in [0, 0.05) is 6.04 Å². The van der Waals surface area contributed by atoms with Crippen molar-refractivity contribution in [3.8, 4) is 0 Å². The van der Waals surface area contributed by atoms with Crippen LogP contribution >= 0.6 is 0 Å². The molecule has 0 atom stereocenters. The Bertz CT molecular complexity index is 554. The van der Waals surface area contributed by atoms with Gasteiger partial charge in [-0.3, -0.25) is 4.79 Å². The molecule has 0 spiro atoms. The average molecular weight is 215 g/mol. The monoisotopic (exact) mass is 215 g/mol. The van der Waals surface area contributed by atoms with Gasteiger partial charge >= 0.3 is 0 Å². The van der Waals surface area contributed by atoms with E-state index in [2.05, 4.69) is 10.4 Å². The van der Waals surface area contributed by atoms with E-state index in [0.717, 1.165) is 23.9 Å². The van der Waals surface area contributed by atoms with E-state index in [9.17, 15) is 4.79 Å². The summed E-state index contributed by atoms with van der Waals surface area (Å²) in [4.78, 5) is 12.0. The number of aromatic nitrogens is 2. The molecule has 1 saturated carbocycles. The molecule has 2 heterocycles. The SMILES string of the molecule is Cc1cc(C(=O)NC2CC2)n2nccc2c1. The molecule has 3 rings (SSSR count). The number of pyridine rings is 1. The van der Waals surface area contributed by atoms with E-state index in [1.54, 1.807) is 10.7 Å². The predicted molar refractivity (Wildman–Crippen MR) is 60.4 cm³/mol. The number of rotatable bonds is 2. The normalized spacial score (nSPS) is 15.3. The van der Waals surface area contributed by atoms with Gasteiger partial charge in [-0.15, -0.1) is 0 Å². The first-order chi connectivity index (χ1) is 7.74. The molecule has 1 amide bonds. The lowest BCUT2D eigenvalue weighted by Crippen LogP contribution is -2.27. The number of carbonyl (C=O) groups is 1. The zero-order chi connectivity index (χ0) is 11.1. The molecule has 16 heavy (non-hydrogen) atoms. The maximum absolute atomic E-state index is 12.0. The quantitative estimate of drug-likeness (QED) is 0.825. The molecule has 0 aliphatic heterocycles. The molecule has 0 bridgehead atoms. The molecule has 82 valence electrons. The molecule has 1 aliphatic carbocycles. The molecular formula is C12H13N3O. The first-order valence-corrected chi connectivity index (χ1v) is 5.49. The fraction of sp³-hybridized carbons (Fsp3) is 0.333. The fourth-order valence-corrected chi connectivity index (χ4v) is 1.82. The van der Waals surface area contributed by atoms with Crippen LogP contribution in [0.1, 0.15) is 28.9 Å². The molecule has 4 heteroatoms. The second-order valence-electron chi connectivity index (χ2n) is 4.33. The third-order valence-electron chi connectivity index (χ3n) is 2.79. The number of nitrogens with one attached hydrogen (secondary N) is 1. The molecule has 0 unspecified atom stereocenters. The molecule has 0 aromatic carbocycles. The molecule has 1 aliphatic rings. The lowest BCUT2D eigenvalue weighted by atomic mass is 10.2. The number of nitrogens with zero attached hydrogens (tertiary/aromatic N) is 2. The van der Waals surface area contributed by atoms with Crippen LogP contribution in [0, 0.1) is 6.92 Å². The first kappa shape index (κ1) is 9.39. The van der Waals surface area contributed by atoms with Gasteiger partial charge in [-0.25, -0.2) is 4.52 Å². The predicted octanol–water partition coefficient (Wildman–Crippen LogP) is 1.53. The van der Waals surface area contributed by atoms with E-state index in [0.29, 0.717) is 11.7 Å². The molecular weight excluding hydrogens is 202 g/mol. The number of carbonyl (C=O) groups excluding carboxylic acids is 1. The summed E-state index contributed by atoms with van der Waals surface area (Å²) < 4.78 is 1.69. The highest BCUT2D eigenvalue weighted by Gasteiger charge is 2.24. The van der Waals surface area contributed by atoms with E-state index in [4.69, 9.17) is 0 Å². The van der Waals surface area contributed by atoms with Crippen molar-refractivity contribution in [2.24, 2.45) is 0 Å². The number of amides is 1. The summed E-state index contributed by atoms with van der Waals surface area (Å²) in [5.74, 6) is -0.0279. The van der Waals surface area contributed by atoms with Crippen LogP contribution in [-0.2, 0) is 0 Å². The second kappa shape index (κ2) is 3.33. The largest absolute Gasteiger partial charge is 0.348 e. The highest BCUT2D eigenvalue weighted by atomic mass is 16.2. The van der Waals surface area contributed by atoms with Gasteiger partial charge in [0.25, 0.3) is 5.91 Å². The van der Waals surface area contributed by atoms with E-state index in [1.807, 2.05) is 25.1 Å². The summed E-state index contributed by atoms with van der Waals surface area (Å²) in [6.45, 7) is 1.99. The van der Waals surface area contributed by atoms with Crippen molar-refractivity contribution in [3.63, 3.8) is 0 Å². The lowest BCUT2D eigenvalue weighted by Gasteiger charge is -2.06. The van der Waals surface area contributed by atoms with Crippen molar-refractivity contribution in [2.45, 2.75) is 25.8 Å². The standard InChI is InChI=1S/C12H13N3O/c1-8-6-10-4-5-13-15(10)11(7-8)12(16)14-9-2-3-9/h4-7,9H,2-3H2,1H3,(H,14,16). The molecule has 4 nitrogen and oxygen atoms in total. The van der Waals surface area contributed by atoms with Crippen LogP contribution in [-0.4, -0.2) is 21.6 Å². The topological polar surface area (TPSA) is 46.4 Å². The van der Waals surface area contributed by atoms with E-state index >= 15 is 0 Å².